The molecule has 0 unspecified atom stereocenters. The second kappa shape index (κ2) is 5.26. The summed E-state index contributed by atoms with van der Waals surface area (Å²) < 4.78 is 5.02. The predicted molar refractivity (Wildman–Crippen MR) is 65.0 cm³/mol. The van der Waals surface area contributed by atoms with E-state index >= 15 is 0 Å². The van der Waals surface area contributed by atoms with Gasteiger partial charge in [0.05, 0.1) is 11.6 Å². The number of amides is 1. The van der Waals surface area contributed by atoms with Crippen LogP contribution < -0.4 is 0 Å². The Bertz CT molecular complexity index is 462. The molecule has 0 saturated carbocycles. The van der Waals surface area contributed by atoms with E-state index < -0.39 is 11.7 Å². The van der Waals surface area contributed by atoms with E-state index in [0.29, 0.717) is 5.56 Å². The van der Waals surface area contributed by atoms with Gasteiger partial charge in [-0.3, -0.25) is 0 Å². The first-order valence-corrected chi connectivity index (χ1v) is 5.18. The second-order valence-corrected chi connectivity index (χ2v) is 4.47. The summed E-state index contributed by atoms with van der Waals surface area (Å²) in [4.78, 5) is 14.9. The van der Waals surface area contributed by atoms with Gasteiger partial charge in [-0.05, 0) is 38.5 Å². The van der Waals surface area contributed by atoms with Crippen molar-refractivity contribution in [2.45, 2.75) is 26.4 Å². The number of rotatable bonds is 1. The number of carbonyl (C=O) groups excluding carboxylic acids is 1. The fourth-order valence-corrected chi connectivity index (χ4v) is 1.06. The Balaban J connectivity index is 2.65. The number of aliphatic imine (C=N–C) groups is 1. The fraction of sp³-hybridized carbons (Fsp3) is 0.308. The van der Waals surface area contributed by atoms with Gasteiger partial charge < -0.3 is 4.74 Å². The van der Waals surface area contributed by atoms with Crippen LogP contribution >= 0.6 is 0 Å². The average Bonchev–Trinajstić information content (AvgIpc) is 2.25. The lowest BCUT2D eigenvalue weighted by Gasteiger charge is -2.16. The van der Waals surface area contributed by atoms with Crippen molar-refractivity contribution in [2.75, 3.05) is 0 Å². The maximum absolute atomic E-state index is 11.3. The van der Waals surface area contributed by atoms with E-state index in [1.165, 1.54) is 6.21 Å². The summed E-state index contributed by atoms with van der Waals surface area (Å²) in [6, 6.07) is 8.77. The van der Waals surface area contributed by atoms with Crippen LogP contribution in [0, 0.1) is 11.3 Å². The molecule has 1 rings (SSSR count). The highest BCUT2D eigenvalue weighted by atomic mass is 16.6. The first-order valence-electron chi connectivity index (χ1n) is 5.18. The van der Waals surface area contributed by atoms with Crippen LogP contribution in [0.3, 0.4) is 0 Å². The van der Waals surface area contributed by atoms with Crippen LogP contribution in [0.15, 0.2) is 29.3 Å². The number of benzene rings is 1. The molecular formula is C13H14N2O2. The topological polar surface area (TPSA) is 62.4 Å². The van der Waals surface area contributed by atoms with Gasteiger partial charge in [0.25, 0.3) is 0 Å². The lowest BCUT2D eigenvalue weighted by Crippen LogP contribution is -2.21. The van der Waals surface area contributed by atoms with Crippen LogP contribution in [-0.4, -0.2) is 17.9 Å². The molecule has 17 heavy (non-hydrogen) atoms. The molecule has 0 aliphatic rings. The number of hydrogen-bond donors (Lipinski definition) is 0. The van der Waals surface area contributed by atoms with E-state index in [1.807, 2.05) is 6.07 Å². The van der Waals surface area contributed by atoms with Crippen molar-refractivity contribution < 1.29 is 9.53 Å². The largest absolute Gasteiger partial charge is 0.442 e. The molecule has 0 spiro atoms. The second-order valence-electron chi connectivity index (χ2n) is 4.47. The average molecular weight is 230 g/mol. The summed E-state index contributed by atoms with van der Waals surface area (Å²) in [6.45, 7) is 5.34. The minimum absolute atomic E-state index is 0.543. The molecule has 1 aromatic carbocycles. The summed E-state index contributed by atoms with van der Waals surface area (Å²) in [6.07, 6.45) is 0.789. The molecule has 0 fully saturated rings. The van der Waals surface area contributed by atoms with Gasteiger partial charge in [0.2, 0.25) is 0 Å². The Labute approximate surface area is 101 Å². The van der Waals surface area contributed by atoms with Crippen molar-refractivity contribution in [1.82, 2.24) is 0 Å². The first kappa shape index (κ1) is 12.9. The molecule has 0 aliphatic carbocycles. The third kappa shape index (κ3) is 4.94. The molecule has 4 heteroatoms. The van der Waals surface area contributed by atoms with Gasteiger partial charge in [0, 0.05) is 6.21 Å². The number of nitrogens with zero attached hydrogens (tertiary/aromatic N) is 2. The van der Waals surface area contributed by atoms with Gasteiger partial charge in [-0.1, -0.05) is 12.1 Å². The van der Waals surface area contributed by atoms with E-state index in [4.69, 9.17) is 10.00 Å². The Hall–Kier alpha value is -2.15. The van der Waals surface area contributed by atoms with Gasteiger partial charge in [-0.15, -0.1) is 0 Å². The van der Waals surface area contributed by atoms with Crippen molar-refractivity contribution in [3.05, 3.63) is 35.4 Å². The van der Waals surface area contributed by atoms with Gasteiger partial charge in [-0.2, -0.15) is 10.3 Å². The number of hydrogen-bond acceptors (Lipinski definition) is 3. The normalized spacial score (nSPS) is 11.2. The highest BCUT2D eigenvalue weighted by Gasteiger charge is 2.14. The van der Waals surface area contributed by atoms with Gasteiger partial charge in [-0.25, -0.2) is 4.79 Å². The van der Waals surface area contributed by atoms with Crippen molar-refractivity contribution in [1.29, 1.82) is 5.26 Å². The lowest BCUT2D eigenvalue weighted by atomic mass is 10.2. The molecular weight excluding hydrogens is 216 g/mol. The van der Waals surface area contributed by atoms with Crippen LogP contribution in [0.25, 0.3) is 0 Å². The van der Waals surface area contributed by atoms with Crippen LogP contribution in [0.1, 0.15) is 31.9 Å². The van der Waals surface area contributed by atoms with E-state index in [9.17, 15) is 4.79 Å². The van der Waals surface area contributed by atoms with E-state index in [0.717, 1.165) is 5.56 Å². The summed E-state index contributed by atoms with van der Waals surface area (Å²) in [5.74, 6) is 0. The SMILES string of the molecule is CC(C)(C)OC(=O)/N=C\c1ccc(C#N)cc1. The third-order valence-corrected chi connectivity index (χ3v) is 1.75. The van der Waals surface area contributed by atoms with Crippen LogP contribution in [0.2, 0.25) is 0 Å². The first-order chi connectivity index (χ1) is 7.90. The monoisotopic (exact) mass is 230 g/mol. The van der Waals surface area contributed by atoms with E-state index in [2.05, 4.69) is 4.99 Å². The maximum Gasteiger partial charge on any atom is 0.434 e. The van der Waals surface area contributed by atoms with Gasteiger partial charge in [0.1, 0.15) is 5.60 Å². The van der Waals surface area contributed by atoms with Gasteiger partial charge in [0.15, 0.2) is 0 Å². The number of ether oxygens (including phenoxy) is 1. The molecule has 0 saturated heterocycles. The zero-order chi connectivity index (χ0) is 12.9. The quantitative estimate of drug-likeness (QED) is 0.697. The highest BCUT2D eigenvalue weighted by molar-refractivity contribution is 5.89. The third-order valence-electron chi connectivity index (χ3n) is 1.75. The molecule has 0 radical (unpaired) electrons. The molecule has 0 aromatic heterocycles. The molecule has 4 nitrogen and oxygen atoms in total. The molecule has 1 aromatic rings. The molecule has 88 valence electrons. The lowest BCUT2D eigenvalue weighted by molar-refractivity contribution is 0.0605. The molecule has 0 heterocycles. The molecule has 1 amide bonds. The maximum atomic E-state index is 11.3. The smallest absolute Gasteiger partial charge is 0.434 e. The molecule has 0 N–H and O–H groups in total. The van der Waals surface area contributed by atoms with E-state index in [-0.39, 0.29) is 0 Å². The zero-order valence-electron chi connectivity index (χ0n) is 10.1. The Morgan fingerprint density at radius 3 is 2.41 bits per heavy atom. The summed E-state index contributed by atoms with van der Waals surface area (Å²) in [7, 11) is 0. The molecule has 0 atom stereocenters. The van der Waals surface area contributed by atoms with Crippen molar-refractivity contribution in [3.8, 4) is 6.07 Å². The summed E-state index contributed by atoms with van der Waals surface area (Å²) in [5.41, 5.74) is 0.772. The van der Waals surface area contributed by atoms with Crippen molar-refractivity contribution in [2.24, 2.45) is 4.99 Å². The zero-order valence-corrected chi connectivity index (χ0v) is 10.1. The standard InChI is InChI=1S/C13H14N2O2/c1-13(2,3)17-12(16)15-9-11-6-4-10(8-14)5-7-11/h4-7,9H,1-3H3/b15-9-. The molecule has 0 bridgehead atoms. The molecule has 0 aliphatic heterocycles. The highest BCUT2D eigenvalue weighted by Crippen LogP contribution is 2.08. The van der Waals surface area contributed by atoms with Crippen molar-refractivity contribution >= 4 is 12.3 Å². The minimum Gasteiger partial charge on any atom is -0.442 e. The van der Waals surface area contributed by atoms with Gasteiger partial charge >= 0.3 is 6.09 Å². The minimum atomic E-state index is -0.623. The van der Waals surface area contributed by atoms with E-state index in [1.54, 1.807) is 45.0 Å². The Morgan fingerprint density at radius 2 is 1.94 bits per heavy atom. The Morgan fingerprint density at radius 1 is 1.35 bits per heavy atom. The van der Waals surface area contributed by atoms with Crippen LogP contribution in [0.4, 0.5) is 4.79 Å². The Kier molecular flexibility index (Phi) is 4.00. The van der Waals surface area contributed by atoms with Crippen LogP contribution in [-0.2, 0) is 4.74 Å². The predicted octanol–water partition coefficient (Wildman–Crippen LogP) is 2.91. The number of nitriles is 1. The summed E-state index contributed by atoms with van der Waals surface area (Å²) >= 11 is 0. The summed E-state index contributed by atoms with van der Waals surface area (Å²) in [5, 5.41) is 8.62. The fourth-order valence-electron chi connectivity index (χ4n) is 1.06. The van der Waals surface area contributed by atoms with Crippen molar-refractivity contribution in [3.63, 3.8) is 0 Å². The van der Waals surface area contributed by atoms with Crippen LogP contribution in [0.5, 0.6) is 0 Å². The number of carbonyl (C=O) groups is 1.